The van der Waals surface area contributed by atoms with Crippen molar-refractivity contribution in [3.8, 4) is 142 Å². The van der Waals surface area contributed by atoms with E-state index in [4.69, 9.17) is 0 Å². The second-order valence-corrected chi connectivity index (χ2v) is 36.2. The Morgan fingerprint density at radius 3 is 0.285 bits per heavy atom. The molecule has 16 aromatic carbocycles. The number of thioether (sulfide) groups is 4. The van der Waals surface area contributed by atoms with E-state index < -0.39 is 5.41 Å². The zero-order valence-electron chi connectivity index (χ0n) is 74.7. The number of rotatable bonds is 8. The topological polar surface area (TPSA) is 68.3 Å². The predicted molar refractivity (Wildman–Crippen MR) is 560 cm³/mol. The van der Waals surface area contributed by atoms with E-state index >= 15 is 0 Å². The third-order valence-corrected chi connectivity index (χ3v) is 24.2. The van der Waals surface area contributed by atoms with Crippen LogP contribution in [0.2, 0.25) is 0 Å². The molecule has 0 bridgehead atoms. The van der Waals surface area contributed by atoms with Crippen LogP contribution < -0.4 is 0 Å². The van der Waals surface area contributed by atoms with Gasteiger partial charge in [0.15, 0.2) is 20.5 Å². The van der Waals surface area contributed by atoms with Gasteiger partial charge in [-0.25, -0.2) is 0 Å². The van der Waals surface area contributed by atoms with Crippen LogP contribution in [-0.2, 0) is 24.6 Å². The van der Waals surface area contributed by atoms with Gasteiger partial charge in [0, 0.05) is 181 Å². The van der Waals surface area contributed by atoms with Gasteiger partial charge in [0.2, 0.25) is 0 Å². The first-order valence-electron chi connectivity index (χ1n) is 43.6. The van der Waals surface area contributed by atoms with Crippen molar-refractivity contribution >= 4 is 67.5 Å². The quantitative estimate of drug-likeness (QED) is 0.0847. The third kappa shape index (κ3) is 27.3. The Morgan fingerprint density at radius 2 is 0.204 bits per heavy atom. The summed E-state index contributed by atoms with van der Waals surface area (Å²) < 4.78 is 0. The van der Waals surface area contributed by atoms with Crippen LogP contribution in [-0.4, -0.2) is 20.5 Å². The molecule has 0 fully saturated rings. The fourth-order valence-electron chi connectivity index (χ4n) is 14.1. The van der Waals surface area contributed by atoms with E-state index in [9.17, 15) is 19.2 Å². The number of carbonyl (C=O) groups excluding carboxylic acids is 4. The van der Waals surface area contributed by atoms with Gasteiger partial charge in [-0.3, -0.25) is 19.2 Å². The summed E-state index contributed by atoms with van der Waals surface area (Å²) in [4.78, 5) is 49.7. The average Bonchev–Trinajstić information content (AvgIpc) is 0.729. The maximum absolute atomic E-state index is 11.5. The van der Waals surface area contributed by atoms with Crippen LogP contribution in [0.5, 0.6) is 0 Å². The number of hydrogen-bond donors (Lipinski definition) is 0. The van der Waals surface area contributed by atoms with Crippen molar-refractivity contribution in [1.82, 2.24) is 0 Å². The zero-order chi connectivity index (χ0) is 94.3. The summed E-state index contributed by atoms with van der Waals surface area (Å²) in [5.41, 5.74) is 23.7. The zero-order valence-corrected chi connectivity index (χ0v) is 78.0. The molecule has 16 rings (SSSR count). The van der Waals surface area contributed by atoms with E-state index in [1.807, 2.05) is 291 Å². The molecule has 0 N–H and O–H groups in total. The van der Waals surface area contributed by atoms with E-state index in [1.165, 1.54) is 47.0 Å². The van der Waals surface area contributed by atoms with Gasteiger partial charge in [0.05, 0.1) is 5.41 Å². The first kappa shape index (κ1) is 92.6. The highest BCUT2D eigenvalue weighted by molar-refractivity contribution is 8.14. The van der Waals surface area contributed by atoms with Crippen LogP contribution in [0.4, 0.5) is 0 Å². The molecule has 0 aliphatic heterocycles. The maximum atomic E-state index is 11.5. The van der Waals surface area contributed by atoms with Crippen molar-refractivity contribution in [3.05, 3.63) is 544 Å². The van der Waals surface area contributed by atoms with Crippen LogP contribution in [0.3, 0.4) is 0 Å². The van der Waals surface area contributed by atoms with Gasteiger partial charge in [-0.2, -0.15) is 0 Å². The first-order chi connectivity index (χ1) is 67.0. The highest BCUT2D eigenvalue weighted by Crippen LogP contribution is 2.46. The van der Waals surface area contributed by atoms with Crippen molar-refractivity contribution in [1.29, 1.82) is 0 Å². The molecule has 640 valence electrons. The van der Waals surface area contributed by atoms with Crippen LogP contribution in [0, 0.1) is 142 Å². The molecule has 16 aromatic rings. The van der Waals surface area contributed by atoms with Gasteiger partial charge < -0.3 is 0 Å². The summed E-state index contributed by atoms with van der Waals surface area (Å²) in [6.07, 6.45) is 0. The summed E-state index contributed by atoms with van der Waals surface area (Å²) in [5.74, 6) is 79.7. The van der Waals surface area contributed by atoms with E-state index in [1.54, 1.807) is 27.7 Å². The van der Waals surface area contributed by atoms with Crippen LogP contribution >= 0.6 is 47.0 Å². The van der Waals surface area contributed by atoms with E-state index in [2.05, 4.69) is 239 Å². The number of carbonyl (C=O) groups is 4. The molecule has 0 saturated heterocycles. The lowest BCUT2D eigenvalue weighted by molar-refractivity contribution is -0.109. The molecule has 0 spiro atoms. The molecule has 0 aromatic heterocycles. The Kier molecular flexibility index (Phi) is 31.0. The van der Waals surface area contributed by atoms with Gasteiger partial charge in [-0.15, -0.1) is 0 Å². The van der Waals surface area contributed by atoms with E-state index in [0.29, 0.717) is 0 Å². The van der Waals surface area contributed by atoms with Gasteiger partial charge >= 0.3 is 0 Å². The summed E-state index contributed by atoms with van der Waals surface area (Å²) >= 11 is 4.81. The first-order valence-corrected chi connectivity index (χ1v) is 46.9. The molecule has 0 aliphatic carbocycles. The monoisotopic (exact) mass is 1820 g/mol. The Morgan fingerprint density at radius 1 is 0.131 bits per heavy atom. The highest BCUT2D eigenvalue weighted by Gasteiger charge is 2.38. The van der Waals surface area contributed by atoms with Crippen molar-refractivity contribution < 1.29 is 19.2 Å². The standard InChI is InChI=1S/C129H76O4S4/c1-93(130)134-125-85-69-117(70-86-125)57-49-109-37-21-101(22-38-109)9-5-97-13-29-105(30-14-97)45-53-113-61-77-121(78-62-113)129(122-79-63-114(64-80-122)54-46-106-31-15-98(16-32-106)6-10-102-23-39-110(40-24-102)50-58-118-71-87-126(88-72-118)135-94(2)131,123-81-65-115(66-82-123)55-47-107-33-17-99(18-34-107)7-11-103-25-41-111(42-26-103)51-59-119-73-89-127(90-74-119)136-95(3)132)124-83-67-116(68-84-124)56-48-108-35-19-100(20-36-108)8-12-104-27-43-112(44-28-104)52-60-120-75-91-128(92-76-120)137-96(4)133/h13-44,61-92H,1-4H3. The molecule has 0 radical (unpaired) electrons. The molecule has 0 atom stereocenters. The minimum atomic E-state index is -0.926. The molecule has 0 unspecified atom stereocenters. The van der Waals surface area contributed by atoms with E-state index in [-0.39, 0.29) is 20.5 Å². The maximum Gasteiger partial charge on any atom is 0.190 e. The smallest absolute Gasteiger partial charge is 0.190 e. The largest absolute Gasteiger partial charge is 0.287 e. The lowest BCUT2D eigenvalue weighted by Gasteiger charge is -2.37. The Hall–Kier alpha value is -17.7. The lowest BCUT2D eigenvalue weighted by atomic mass is 9.65. The molecule has 4 nitrogen and oxygen atoms in total. The van der Waals surface area contributed by atoms with Gasteiger partial charge in [0.25, 0.3) is 0 Å². The van der Waals surface area contributed by atoms with Crippen molar-refractivity contribution in [3.63, 3.8) is 0 Å². The summed E-state index contributed by atoms with van der Waals surface area (Å²) in [7, 11) is 0. The lowest BCUT2D eigenvalue weighted by Crippen LogP contribution is -2.31. The van der Waals surface area contributed by atoms with Crippen molar-refractivity contribution in [2.75, 3.05) is 0 Å². The summed E-state index contributed by atoms with van der Waals surface area (Å²) in [6.45, 7) is 6.23. The average molecular weight is 1820 g/mol. The Balaban J connectivity index is 0.676. The normalized spacial score (nSPS) is 10.0. The molecule has 0 aliphatic rings. The van der Waals surface area contributed by atoms with Crippen molar-refractivity contribution in [2.45, 2.75) is 52.7 Å². The second-order valence-electron chi connectivity index (χ2n) is 31.2. The summed E-state index contributed by atoms with van der Waals surface area (Å²) in [5, 5.41) is 0.180. The van der Waals surface area contributed by atoms with Gasteiger partial charge in [-0.05, 0) is 362 Å². The number of hydrogen-bond acceptors (Lipinski definition) is 8. The predicted octanol–water partition coefficient (Wildman–Crippen LogP) is 25.4. The molecule has 8 heteroatoms. The fourth-order valence-corrected chi connectivity index (χ4v) is 16.5. The summed E-state index contributed by atoms with van der Waals surface area (Å²) in [6, 6.07) is 128. The van der Waals surface area contributed by atoms with Crippen molar-refractivity contribution in [2.24, 2.45) is 0 Å². The Bertz CT molecular complexity index is 7110. The van der Waals surface area contributed by atoms with Gasteiger partial charge in [0.1, 0.15) is 0 Å². The van der Waals surface area contributed by atoms with Crippen LogP contribution in [0.15, 0.2) is 408 Å². The fraction of sp³-hybridized carbons (Fsp3) is 0.0388. The molecule has 0 heterocycles. The van der Waals surface area contributed by atoms with Crippen LogP contribution in [0.1, 0.15) is 183 Å². The molecule has 0 amide bonds. The molecular weight excluding hydrogens is 1740 g/mol. The SMILES string of the molecule is CC(=O)Sc1ccc(C#Cc2ccc(C#Cc3ccc(C#Cc4ccc(C(c5ccc(C#Cc6ccc(C#Cc7ccc(C#Cc8ccc(SC(C)=O)cc8)cc7)cc6)cc5)(c5ccc(C#Cc6ccc(C#Cc7ccc(C#Cc8ccc(SC(C)=O)cc8)cc7)cc6)cc5)c5ccc(C#Cc6ccc(C#Cc7ccc(C#Cc8ccc(SC(C)=O)cc8)cc7)cc6)cc5)cc4)cc3)cc2)cc1. The third-order valence-electron chi connectivity index (χ3n) is 21.0. The molecular formula is C129H76O4S4. The van der Waals surface area contributed by atoms with Crippen LogP contribution in [0.25, 0.3) is 0 Å². The minimum Gasteiger partial charge on any atom is -0.287 e. The minimum absolute atomic E-state index is 0.0451. The Labute approximate surface area is 818 Å². The number of benzene rings is 16. The molecule has 137 heavy (non-hydrogen) atoms. The second kappa shape index (κ2) is 45.9. The highest BCUT2D eigenvalue weighted by atomic mass is 32.2. The molecule has 0 saturated carbocycles. The van der Waals surface area contributed by atoms with Gasteiger partial charge in [-0.1, -0.05) is 238 Å². The van der Waals surface area contributed by atoms with E-state index in [0.717, 1.165) is 175 Å².